The molecule has 1 N–H and O–H groups in total. The first-order valence-corrected chi connectivity index (χ1v) is 10.2. The van der Waals surface area contributed by atoms with E-state index in [9.17, 15) is 12.8 Å². The minimum atomic E-state index is -3.56. The number of ether oxygens (including phenoxy) is 1. The molecule has 1 atom stereocenters. The molecular weight excluding hydrogens is 353 g/mol. The summed E-state index contributed by atoms with van der Waals surface area (Å²) in [5, 5.41) is 0. The van der Waals surface area contributed by atoms with Crippen molar-refractivity contribution in [3.63, 3.8) is 0 Å². The number of hydrogen-bond donors (Lipinski definition) is 1. The van der Waals surface area contributed by atoms with Gasteiger partial charge < -0.3 is 4.74 Å². The maximum Gasteiger partial charge on any atom is 0.216 e. The number of benzene rings is 2. The van der Waals surface area contributed by atoms with Crippen molar-refractivity contribution in [1.82, 2.24) is 4.72 Å². The van der Waals surface area contributed by atoms with Gasteiger partial charge in [0.1, 0.15) is 11.6 Å². The fourth-order valence-corrected chi connectivity index (χ4v) is 4.37. The predicted molar refractivity (Wildman–Crippen MR) is 102 cm³/mol. The molecule has 6 heteroatoms. The maximum atomic E-state index is 13.0. The van der Waals surface area contributed by atoms with Gasteiger partial charge >= 0.3 is 0 Å². The van der Waals surface area contributed by atoms with Crippen molar-refractivity contribution in [2.24, 2.45) is 0 Å². The van der Waals surface area contributed by atoms with E-state index < -0.39 is 10.0 Å². The highest BCUT2D eigenvalue weighted by Gasteiger charge is 2.20. The topological polar surface area (TPSA) is 55.4 Å². The normalized spacial score (nSPS) is 13.0. The van der Waals surface area contributed by atoms with E-state index in [4.69, 9.17) is 4.74 Å². The van der Waals surface area contributed by atoms with Crippen LogP contribution < -0.4 is 9.46 Å². The van der Waals surface area contributed by atoms with E-state index in [0.717, 1.165) is 22.4 Å². The molecule has 142 valence electrons. The van der Waals surface area contributed by atoms with Crippen LogP contribution in [0.1, 0.15) is 55.0 Å². The molecule has 0 aliphatic carbocycles. The molecule has 2 aromatic carbocycles. The van der Waals surface area contributed by atoms with Crippen LogP contribution >= 0.6 is 0 Å². The molecule has 0 radical (unpaired) electrons. The molecule has 0 fully saturated rings. The van der Waals surface area contributed by atoms with E-state index in [1.165, 1.54) is 24.3 Å². The molecule has 0 unspecified atom stereocenters. The Morgan fingerprint density at radius 1 is 1.08 bits per heavy atom. The summed E-state index contributed by atoms with van der Waals surface area (Å²) in [6.07, 6.45) is 0. The van der Waals surface area contributed by atoms with Crippen molar-refractivity contribution in [3.8, 4) is 5.75 Å². The standard InChI is InChI=1S/C20H26FNO3S/c1-13(2)18-11-19(14(3)10-20(18)25-5)15(4)22-26(23,24)12-16-6-8-17(21)9-7-16/h6-11,13,15,22H,12H2,1-5H3/t15-/m0/s1. The number of nitrogens with one attached hydrogen (secondary N) is 1. The Morgan fingerprint density at radius 2 is 1.69 bits per heavy atom. The first-order valence-electron chi connectivity index (χ1n) is 8.56. The molecule has 26 heavy (non-hydrogen) atoms. The molecule has 0 aromatic heterocycles. The zero-order valence-corrected chi connectivity index (χ0v) is 16.7. The van der Waals surface area contributed by atoms with Crippen LogP contribution in [-0.2, 0) is 15.8 Å². The lowest BCUT2D eigenvalue weighted by Crippen LogP contribution is -2.28. The molecule has 0 spiro atoms. The van der Waals surface area contributed by atoms with Gasteiger partial charge in [0.2, 0.25) is 10.0 Å². The number of methoxy groups -OCH3 is 1. The highest BCUT2D eigenvalue weighted by molar-refractivity contribution is 7.88. The van der Waals surface area contributed by atoms with Gasteiger partial charge in [-0.1, -0.05) is 26.0 Å². The minimum absolute atomic E-state index is 0.191. The van der Waals surface area contributed by atoms with Crippen molar-refractivity contribution in [3.05, 3.63) is 64.5 Å². The Kier molecular flexibility index (Phi) is 6.42. The Morgan fingerprint density at radius 3 is 2.23 bits per heavy atom. The summed E-state index contributed by atoms with van der Waals surface area (Å²) >= 11 is 0. The fraction of sp³-hybridized carbons (Fsp3) is 0.400. The van der Waals surface area contributed by atoms with E-state index >= 15 is 0 Å². The van der Waals surface area contributed by atoms with Crippen molar-refractivity contribution in [2.75, 3.05) is 7.11 Å². The largest absolute Gasteiger partial charge is 0.496 e. The zero-order chi connectivity index (χ0) is 19.5. The van der Waals surface area contributed by atoms with Crippen molar-refractivity contribution in [1.29, 1.82) is 0 Å². The monoisotopic (exact) mass is 379 g/mol. The molecule has 0 saturated carbocycles. The average Bonchev–Trinajstić information content (AvgIpc) is 2.55. The molecule has 0 aliphatic rings. The van der Waals surface area contributed by atoms with Gasteiger partial charge in [0, 0.05) is 6.04 Å². The van der Waals surface area contributed by atoms with E-state index in [1.54, 1.807) is 7.11 Å². The van der Waals surface area contributed by atoms with Gasteiger partial charge in [0.05, 0.1) is 12.9 Å². The quantitative estimate of drug-likeness (QED) is 0.773. The highest BCUT2D eigenvalue weighted by atomic mass is 32.2. The number of hydrogen-bond acceptors (Lipinski definition) is 3. The number of aryl methyl sites for hydroxylation is 1. The third-order valence-corrected chi connectivity index (χ3v) is 5.76. The maximum absolute atomic E-state index is 13.0. The van der Waals surface area contributed by atoms with Gasteiger partial charge in [0.25, 0.3) is 0 Å². The molecule has 0 bridgehead atoms. The summed E-state index contributed by atoms with van der Waals surface area (Å²) in [5.41, 5.74) is 3.46. The van der Waals surface area contributed by atoms with Gasteiger partial charge in [-0.2, -0.15) is 0 Å². The third kappa shape index (κ3) is 5.05. The van der Waals surface area contributed by atoms with Crippen molar-refractivity contribution >= 4 is 10.0 Å². The average molecular weight is 379 g/mol. The predicted octanol–water partition coefficient (Wildman–Crippen LogP) is 4.45. The molecular formula is C20H26FNO3S. The van der Waals surface area contributed by atoms with E-state index in [-0.39, 0.29) is 23.5 Å². The van der Waals surface area contributed by atoms with Gasteiger partial charge in [-0.25, -0.2) is 17.5 Å². The summed E-state index contributed by atoms with van der Waals surface area (Å²) in [7, 11) is -1.93. The van der Waals surface area contributed by atoms with E-state index in [1.807, 2.05) is 26.0 Å². The SMILES string of the molecule is COc1cc(C)c([C@H](C)NS(=O)(=O)Cc2ccc(F)cc2)cc1C(C)C. The van der Waals surface area contributed by atoms with Crippen molar-refractivity contribution in [2.45, 2.75) is 45.4 Å². The Labute approximate surface area is 155 Å². The second kappa shape index (κ2) is 8.18. The molecule has 2 rings (SSSR count). The smallest absolute Gasteiger partial charge is 0.216 e. The van der Waals surface area contributed by atoms with Crippen LogP contribution in [0, 0.1) is 12.7 Å². The lowest BCUT2D eigenvalue weighted by atomic mass is 9.94. The van der Waals surface area contributed by atoms with Crippen LogP contribution in [0.3, 0.4) is 0 Å². The summed E-state index contributed by atoms with van der Waals surface area (Å²) in [5.74, 6) is 0.488. The van der Waals surface area contributed by atoms with Gasteiger partial charge in [-0.15, -0.1) is 0 Å². The van der Waals surface area contributed by atoms with Gasteiger partial charge in [-0.05, 0) is 66.3 Å². The lowest BCUT2D eigenvalue weighted by molar-refractivity contribution is 0.406. The van der Waals surface area contributed by atoms with Crippen LogP contribution in [0.2, 0.25) is 0 Å². The second-order valence-corrected chi connectivity index (χ2v) is 8.58. The number of sulfonamides is 1. The Bertz CT molecular complexity index is 861. The summed E-state index contributed by atoms with van der Waals surface area (Å²) < 4.78 is 46.1. The van der Waals surface area contributed by atoms with Crippen LogP contribution in [0.5, 0.6) is 5.75 Å². The lowest BCUT2D eigenvalue weighted by Gasteiger charge is -2.21. The Hall–Kier alpha value is -1.92. The van der Waals surface area contributed by atoms with Crippen LogP contribution in [-0.4, -0.2) is 15.5 Å². The third-order valence-electron chi connectivity index (χ3n) is 4.33. The first-order chi connectivity index (χ1) is 12.1. The summed E-state index contributed by atoms with van der Waals surface area (Å²) in [6, 6.07) is 9.04. The van der Waals surface area contributed by atoms with Crippen LogP contribution in [0.25, 0.3) is 0 Å². The molecule has 0 amide bonds. The van der Waals surface area contributed by atoms with E-state index in [2.05, 4.69) is 18.6 Å². The highest BCUT2D eigenvalue weighted by Crippen LogP contribution is 2.32. The zero-order valence-electron chi connectivity index (χ0n) is 15.8. The molecule has 4 nitrogen and oxygen atoms in total. The summed E-state index contributed by atoms with van der Waals surface area (Å²) in [4.78, 5) is 0. The molecule has 2 aromatic rings. The molecule has 0 saturated heterocycles. The fourth-order valence-electron chi connectivity index (χ4n) is 2.98. The molecule has 0 aliphatic heterocycles. The Balaban J connectivity index is 2.24. The van der Waals surface area contributed by atoms with Crippen molar-refractivity contribution < 1.29 is 17.5 Å². The van der Waals surface area contributed by atoms with E-state index in [0.29, 0.717) is 5.56 Å². The number of rotatable bonds is 7. The first kappa shape index (κ1) is 20.4. The van der Waals surface area contributed by atoms with Gasteiger partial charge in [-0.3, -0.25) is 0 Å². The summed E-state index contributed by atoms with van der Waals surface area (Å²) in [6.45, 7) is 7.90. The molecule has 0 heterocycles. The number of halogens is 1. The minimum Gasteiger partial charge on any atom is -0.496 e. The van der Waals surface area contributed by atoms with Crippen LogP contribution in [0.4, 0.5) is 4.39 Å². The van der Waals surface area contributed by atoms with Gasteiger partial charge in [0.15, 0.2) is 0 Å². The second-order valence-electron chi connectivity index (χ2n) is 6.83. The van der Waals surface area contributed by atoms with Crippen LogP contribution in [0.15, 0.2) is 36.4 Å².